The Balaban J connectivity index is 1.52. The van der Waals surface area contributed by atoms with Crippen LogP contribution in [0, 0.1) is 36.0 Å². The lowest BCUT2D eigenvalue weighted by molar-refractivity contribution is 0.101. The van der Waals surface area contributed by atoms with E-state index in [1.54, 1.807) is 10.9 Å². The molecule has 1 fully saturated rings. The zero-order valence-electron chi connectivity index (χ0n) is 17.0. The highest BCUT2D eigenvalue weighted by Gasteiger charge is 2.30. The first-order chi connectivity index (χ1) is 15.0. The third-order valence-electron chi connectivity index (χ3n) is 5.33. The topological polar surface area (TPSA) is 83.6 Å². The number of amides is 1. The summed E-state index contributed by atoms with van der Waals surface area (Å²) in [5.74, 6) is 6.24. The van der Waals surface area contributed by atoms with E-state index in [0.29, 0.717) is 17.9 Å². The number of carbonyl (C=O) groups excluding carboxylic acids is 1. The molecular weight excluding hydrogens is 410 g/mol. The number of nitrogens with one attached hydrogen (secondary N) is 1. The minimum absolute atomic E-state index is 0.0115. The van der Waals surface area contributed by atoms with Crippen LogP contribution in [0.2, 0.25) is 5.02 Å². The maximum atomic E-state index is 13.0. The summed E-state index contributed by atoms with van der Waals surface area (Å²) in [5.41, 5.74) is 2.77. The quantitative estimate of drug-likeness (QED) is 0.608. The van der Waals surface area contributed by atoms with E-state index in [-0.39, 0.29) is 22.9 Å². The van der Waals surface area contributed by atoms with Crippen LogP contribution in [-0.2, 0) is 0 Å². The van der Waals surface area contributed by atoms with E-state index in [1.807, 2.05) is 43.3 Å². The summed E-state index contributed by atoms with van der Waals surface area (Å²) in [7, 11) is 0. The first-order valence-corrected chi connectivity index (χ1v) is 10.4. The van der Waals surface area contributed by atoms with Gasteiger partial charge in [0.25, 0.3) is 5.91 Å². The second-order valence-electron chi connectivity index (χ2n) is 7.54. The molecule has 154 valence electrons. The molecule has 2 unspecified atom stereocenters. The van der Waals surface area contributed by atoms with Crippen molar-refractivity contribution < 1.29 is 4.79 Å². The molecule has 1 aliphatic carbocycles. The molecule has 2 heterocycles. The van der Waals surface area contributed by atoms with Crippen LogP contribution in [0.1, 0.15) is 52.5 Å². The van der Waals surface area contributed by atoms with E-state index < -0.39 is 0 Å². The van der Waals surface area contributed by atoms with Crippen LogP contribution in [0.25, 0.3) is 0 Å². The van der Waals surface area contributed by atoms with Crippen molar-refractivity contribution in [1.29, 1.82) is 5.26 Å². The molecule has 0 bridgehead atoms. The molecule has 1 saturated carbocycles. The Labute approximate surface area is 185 Å². The predicted octanol–water partition coefficient (Wildman–Crippen LogP) is 4.76. The summed E-state index contributed by atoms with van der Waals surface area (Å²) in [5, 5.41) is 16.6. The van der Waals surface area contributed by atoms with Crippen LogP contribution in [0.4, 0.5) is 5.82 Å². The zero-order chi connectivity index (χ0) is 21.8. The van der Waals surface area contributed by atoms with Crippen LogP contribution >= 0.6 is 11.6 Å². The number of hydrogen-bond donors (Lipinski definition) is 1. The van der Waals surface area contributed by atoms with E-state index in [1.165, 1.54) is 6.20 Å². The minimum atomic E-state index is -0.373. The van der Waals surface area contributed by atoms with Gasteiger partial charge in [0, 0.05) is 23.2 Å². The Morgan fingerprint density at radius 2 is 1.97 bits per heavy atom. The van der Waals surface area contributed by atoms with E-state index in [0.717, 1.165) is 29.5 Å². The second kappa shape index (κ2) is 9.04. The molecule has 7 heteroatoms. The Morgan fingerprint density at radius 3 is 2.68 bits per heavy atom. The van der Waals surface area contributed by atoms with Gasteiger partial charge in [-0.2, -0.15) is 10.4 Å². The molecule has 31 heavy (non-hydrogen) atoms. The van der Waals surface area contributed by atoms with E-state index in [2.05, 4.69) is 33.3 Å². The van der Waals surface area contributed by atoms with Gasteiger partial charge in [-0.25, -0.2) is 4.98 Å². The number of anilines is 1. The average Bonchev–Trinajstić information content (AvgIpc) is 3.41. The number of aromatic nitrogens is 3. The van der Waals surface area contributed by atoms with Gasteiger partial charge in [-0.05, 0) is 49.9 Å². The molecule has 1 amide bonds. The standard InChI is InChI=1S/C24H20ClN5O/c1-16-11-19(8-7-17-5-3-2-4-6-17)14-27-23(16)29-24(31)22-21(25)15-28-30(22)20-10-9-18(12-20)13-26/h2-6,11,14-15,18,20H,9-10,12H2,1H3,(H,27,29,31). The third-order valence-corrected chi connectivity index (χ3v) is 5.61. The highest BCUT2D eigenvalue weighted by atomic mass is 35.5. The van der Waals surface area contributed by atoms with Crippen LogP contribution in [0.5, 0.6) is 0 Å². The molecule has 6 nitrogen and oxygen atoms in total. The van der Waals surface area contributed by atoms with E-state index in [4.69, 9.17) is 16.9 Å². The summed E-state index contributed by atoms with van der Waals surface area (Å²) < 4.78 is 1.64. The van der Waals surface area contributed by atoms with Gasteiger partial charge >= 0.3 is 0 Å². The summed E-state index contributed by atoms with van der Waals surface area (Å²) in [6.45, 7) is 1.86. The van der Waals surface area contributed by atoms with Gasteiger partial charge in [-0.15, -0.1) is 0 Å². The number of aryl methyl sites for hydroxylation is 1. The molecule has 2 atom stereocenters. The smallest absolute Gasteiger partial charge is 0.276 e. The number of carbonyl (C=O) groups is 1. The van der Waals surface area contributed by atoms with Crippen molar-refractivity contribution in [2.45, 2.75) is 32.2 Å². The van der Waals surface area contributed by atoms with E-state index >= 15 is 0 Å². The first-order valence-electron chi connectivity index (χ1n) is 10.0. The molecule has 0 spiro atoms. The highest BCUT2D eigenvalue weighted by Crippen LogP contribution is 2.35. The number of rotatable bonds is 3. The average molecular weight is 430 g/mol. The van der Waals surface area contributed by atoms with Crippen LogP contribution < -0.4 is 5.32 Å². The fourth-order valence-corrected chi connectivity index (χ4v) is 3.95. The number of hydrogen-bond acceptors (Lipinski definition) is 4. The molecule has 0 radical (unpaired) electrons. The van der Waals surface area contributed by atoms with Crippen molar-refractivity contribution in [2.24, 2.45) is 5.92 Å². The predicted molar refractivity (Wildman–Crippen MR) is 119 cm³/mol. The Hall–Kier alpha value is -3.61. The van der Waals surface area contributed by atoms with Crippen molar-refractivity contribution in [3.63, 3.8) is 0 Å². The lowest BCUT2D eigenvalue weighted by atomic mass is 10.1. The van der Waals surface area contributed by atoms with Crippen molar-refractivity contribution in [3.8, 4) is 17.9 Å². The van der Waals surface area contributed by atoms with Gasteiger partial charge in [-0.3, -0.25) is 9.48 Å². The van der Waals surface area contributed by atoms with Gasteiger partial charge in [0.05, 0.1) is 23.3 Å². The normalized spacial score (nSPS) is 17.5. The largest absolute Gasteiger partial charge is 0.305 e. The summed E-state index contributed by atoms with van der Waals surface area (Å²) in [6.07, 6.45) is 5.36. The van der Waals surface area contributed by atoms with Gasteiger partial charge in [0.1, 0.15) is 11.5 Å². The van der Waals surface area contributed by atoms with E-state index in [9.17, 15) is 4.79 Å². The van der Waals surface area contributed by atoms with Crippen molar-refractivity contribution in [3.05, 3.63) is 76.2 Å². The molecule has 0 saturated heterocycles. The third kappa shape index (κ3) is 4.60. The SMILES string of the molecule is Cc1cc(C#Cc2ccccc2)cnc1NC(=O)c1c(Cl)cnn1C1CCC(C#N)C1. The van der Waals surface area contributed by atoms with Crippen molar-refractivity contribution in [2.75, 3.05) is 5.32 Å². The highest BCUT2D eigenvalue weighted by molar-refractivity contribution is 6.34. The minimum Gasteiger partial charge on any atom is -0.305 e. The molecule has 1 N–H and O–H groups in total. The Kier molecular flexibility index (Phi) is 6.02. The zero-order valence-corrected chi connectivity index (χ0v) is 17.7. The molecule has 4 rings (SSSR count). The number of nitrogens with zero attached hydrogens (tertiary/aromatic N) is 4. The number of nitriles is 1. The maximum absolute atomic E-state index is 13.0. The summed E-state index contributed by atoms with van der Waals surface area (Å²) in [4.78, 5) is 17.4. The molecule has 2 aromatic heterocycles. The second-order valence-corrected chi connectivity index (χ2v) is 7.95. The molecule has 0 aliphatic heterocycles. The lowest BCUT2D eigenvalue weighted by Gasteiger charge is -2.15. The monoisotopic (exact) mass is 429 g/mol. The number of halogens is 1. The van der Waals surface area contributed by atoms with Crippen molar-refractivity contribution >= 4 is 23.3 Å². The van der Waals surface area contributed by atoms with Crippen LogP contribution in [0.3, 0.4) is 0 Å². The van der Waals surface area contributed by atoms with Crippen molar-refractivity contribution in [1.82, 2.24) is 14.8 Å². The van der Waals surface area contributed by atoms with Gasteiger partial charge < -0.3 is 5.32 Å². The molecular formula is C24H20ClN5O. The van der Waals surface area contributed by atoms with Crippen LogP contribution in [-0.4, -0.2) is 20.7 Å². The fraction of sp³-hybridized carbons (Fsp3) is 0.250. The first kappa shape index (κ1) is 20.7. The Bertz CT molecular complexity index is 1220. The van der Waals surface area contributed by atoms with Crippen LogP contribution in [0.15, 0.2) is 48.8 Å². The molecule has 1 aliphatic rings. The summed E-state index contributed by atoms with van der Waals surface area (Å²) in [6, 6.07) is 13.9. The van der Waals surface area contributed by atoms with Gasteiger partial charge in [0.2, 0.25) is 0 Å². The molecule has 3 aromatic rings. The summed E-state index contributed by atoms with van der Waals surface area (Å²) >= 11 is 6.27. The van der Waals surface area contributed by atoms with Gasteiger partial charge in [-0.1, -0.05) is 41.6 Å². The van der Waals surface area contributed by atoms with Gasteiger partial charge in [0.15, 0.2) is 0 Å². The number of benzene rings is 1. The lowest BCUT2D eigenvalue weighted by Crippen LogP contribution is -2.21. The maximum Gasteiger partial charge on any atom is 0.276 e. The number of pyridine rings is 1. The Morgan fingerprint density at radius 1 is 1.19 bits per heavy atom. The molecule has 1 aromatic carbocycles. The fourth-order valence-electron chi connectivity index (χ4n) is 3.73.